The molecule has 0 spiro atoms. The van der Waals surface area contributed by atoms with E-state index >= 15 is 0 Å². The third kappa shape index (κ3) is 1.71. The van der Waals surface area contributed by atoms with Gasteiger partial charge in [0.05, 0.1) is 0 Å². The number of hydrogen-bond acceptors (Lipinski definition) is 0. The van der Waals surface area contributed by atoms with Gasteiger partial charge in [-0.25, -0.2) is 0 Å². The molecule has 0 aromatic heterocycles. The van der Waals surface area contributed by atoms with Crippen LogP contribution in [0.15, 0.2) is 12.1 Å². The van der Waals surface area contributed by atoms with E-state index in [0.29, 0.717) is 11.3 Å². The van der Waals surface area contributed by atoms with E-state index in [2.05, 4.69) is 46.8 Å². The molecular weight excluding hydrogens is 180 g/mol. The topological polar surface area (TPSA) is 0 Å². The van der Waals surface area contributed by atoms with E-state index in [1.807, 2.05) is 0 Å². The maximum Gasteiger partial charge on any atom is -0.00976 e. The molecule has 0 amide bonds. The lowest BCUT2D eigenvalue weighted by Crippen LogP contribution is -2.12. The first-order valence-electron chi connectivity index (χ1n) is 6.06. The van der Waals surface area contributed by atoms with Gasteiger partial charge in [-0.2, -0.15) is 0 Å². The highest BCUT2D eigenvalue weighted by Gasteiger charge is 2.30. The minimum absolute atomic E-state index is 0.398. The van der Waals surface area contributed by atoms with Crippen LogP contribution < -0.4 is 0 Å². The molecule has 1 aliphatic carbocycles. The van der Waals surface area contributed by atoms with Gasteiger partial charge in [0, 0.05) is 0 Å². The zero-order valence-corrected chi connectivity index (χ0v) is 10.6. The van der Waals surface area contributed by atoms with Gasteiger partial charge in [0.2, 0.25) is 0 Å². The molecule has 0 aliphatic heterocycles. The summed E-state index contributed by atoms with van der Waals surface area (Å²) in [4.78, 5) is 0. The van der Waals surface area contributed by atoms with Crippen LogP contribution in [-0.2, 0) is 11.8 Å². The first kappa shape index (κ1) is 10.7. The van der Waals surface area contributed by atoms with Crippen molar-refractivity contribution in [3.8, 4) is 0 Å². The minimum atomic E-state index is 0.398. The Labute approximate surface area is 93.7 Å². The second kappa shape index (κ2) is 3.37. The molecule has 0 nitrogen and oxygen atoms in total. The molecule has 0 radical (unpaired) electrons. The Balaban J connectivity index is 2.55. The van der Waals surface area contributed by atoms with Crippen LogP contribution in [-0.4, -0.2) is 0 Å². The monoisotopic (exact) mass is 202 g/mol. The summed E-state index contributed by atoms with van der Waals surface area (Å²) >= 11 is 0. The van der Waals surface area contributed by atoms with Crippen molar-refractivity contribution in [3.05, 3.63) is 34.4 Å². The minimum Gasteiger partial charge on any atom is -0.0587 e. The fourth-order valence-electron chi connectivity index (χ4n) is 2.81. The van der Waals surface area contributed by atoms with Gasteiger partial charge in [-0.1, -0.05) is 39.8 Å². The molecule has 0 heteroatoms. The van der Waals surface area contributed by atoms with E-state index in [4.69, 9.17) is 0 Å². The molecule has 0 saturated heterocycles. The number of fused-ring (bicyclic) bond motifs is 1. The predicted octanol–water partition coefficient (Wildman–Crippen LogP) is 4.34. The maximum absolute atomic E-state index is 2.45. The summed E-state index contributed by atoms with van der Waals surface area (Å²) < 4.78 is 0. The molecule has 0 saturated carbocycles. The van der Waals surface area contributed by atoms with Crippen molar-refractivity contribution in [2.75, 3.05) is 0 Å². The van der Waals surface area contributed by atoms with Crippen molar-refractivity contribution in [1.29, 1.82) is 0 Å². The highest BCUT2D eigenvalue weighted by Crippen LogP contribution is 2.40. The number of rotatable bonds is 1. The highest BCUT2D eigenvalue weighted by atomic mass is 14.3. The standard InChI is InChI=1S/C15H22/c1-10(2)13-9-12-6-7-15(4,5)14(12)8-11(13)3/h8-10H,6-7H2,1-5H3. The Kier molecular flexibility index (Phi) is 2.41. The van der Waals surface area contributed by atoms with Gasteiger partial charge in [0.25, 0.3) is 0 Å². The van der Waals surface area contributed by atoms with E-state index < -0.39 is 0 Å². The van der Waals surface area contributed by atoms with Gasteiger partial charge >= 0.3 is 0 Å². The van der Waals surface area contributed by atoms with Gasteiger partial charge < -0.3 is 0 Å². The summed E-state index contributed by atoms with van der Waals surface area (Å²) in [5.41, 5.74) is 6.58. The Morgan fingerprint density at radius 3 is 2.47 bits per heavy atom. The number of aryl methyl sites for hydroxylation is 2. The van der Waals surface area contributed by atoms with E-state index in [9.17, 15) is 0 Å². The molecule has 1 aromatic carbocycles. The second-order valence-electron chi connectivity index (χ2n) is 5.90. The molecule has 0 unspecified atom stereocenters. The average Bonchev–Trinajstić information content (AvgIpc) is 2.41. The molecule has 2 rings (SSSR count). The summed E-state index contributed by atoms with van der Waals surface area (Å²) in [6, 6.07) is 4.88. The molecule has 0 heterocycles. The van der Waals surface area contributed by atoms with Crippen LogP contribution in [0.5, 0.6) is 0 Å². The third-order valence-electron chi connectivity index (χ3n) is 3.86. The first-order chi connectivity index (χ1) is 6.92. The molecule has 0 N–H and O–H groups in total. The Morgan fingerprint density at radius 1 is 1.20 bits per heavy atom. The van der Waals surface area contributed by atoms with E-state index in [1.165, 1.54) is 24.0 Å². The summed E-state index contributed by atoms with van der Waals surface area (Å²) in [6.07, 6.45) is 2.58. The molecule has 1 aromatic rings. The molecule has 1 aliphatic rings. The van der Waals surface area contributed by atoms with Gasteiger partial charge in [0.15, 0.2) is 0 Å². The third-order valence-corrected chi connectivity index (χ3v) is 3.86. The van der Waals surface area contributed by atoms with Crippen LogP contribution in [0.25, 0.3) is 0 Å². The molecule has 0 fully saturated rings. The normalized spacial score (nSPS) is 18.3. The van der Waals surface area contributed by atoms with Crippen molar-refractivity contribution >= 4 is 0 Å². The Bertz CT molecular complexity index is 383. The van der Waals surface area contributed by atoms with Crippen LogP contribution in [0, 0.1) is 6.92 Å². The quantitative estimate of drug-likeness (QED) is 0.635. The van der Waals surface area contributed by atoms with Crippen molar-refractivity contribution in [3.63, 3.8) is 0 Å². The van der Waals surface area contributed by atoms with Crippen molar-refractivity contribution in [2.45, 2.75) is 58.8 Å². The van der Waals surface area contributed by atoms with Gasteiger partial charge in [-0.3, -0.25) is 0 Å². The van der Waals surface area contributed by atoms with Crippen LogP contribution in [0.2, 0.25) is 0 Å². The molecule has 0 bridgehead atoms. The van der Waals surface area contributed by atoms with E-state index in [-0.39, 0.29) is 0 Å². The van der Waals surface area contributed by atoms with Gasteiger partial charge in [0.1, 0.15) is 0 Å². The summed E-state index contributed by atoms with van der Waals surface area (Å²) in [7, 11) is 0. The fourth-order valence-corrected chi connectivity index (χ4v) is 2.81. The van der Waals surface area contributed by atoms with Gasteiger partial charge in [-0.05, 0) is 53.4 Å². The van der Waals surface area contributed by atoms with Gasteiger partial charge in [-0.15, -0.1) is 0 Å². The summed E-state index contributed by atoms with van der Waals surface area (Å²) in [6.45, 7) is 11.6. The summed E-state index contributed by atoms with van der Waals surface area (Å²) in [5.74, 6) is 0.652. The van der Waals surface area contributed by atoms with Crippen molar-refractivity contribution in [2.24, 2.45) is 0 Å². The largest absolute Gasteiger partial charge is 0.0587 e. The Hall–Kier alpha value is -0.780. The molecule has 15 heavy (non-hydrogen) atoms. The SMILES string of the molecule is Cc1cc2c(cc1C(C)C)CCC2(C)C. The number of benzene rings is 1. The predicted molar refractivity (Wildman–Crippen MR) is 66.6 cm³/mol. The van der Waals surface area contributed by atoms with Crippen molar-refractivity contribution < 1.29 is 0 Å². The second-order valence-corrected chi connectivity index (χ2v) is 5.90. The fraction of sp³-hybridized carbons (Fsp3) is 0.600. The van der Waals surface area contributed by atoms with E-state index in [1.54, 1.807) is 11.1 Å². The first-order valence-corrected chi connectivity index (χ1v) is 6.06. The van der Waals surface area contributed by atoms with E-state index in [0.717, 1.165) is 0 Å². The van der Waals surface area contributed by atoms with Crippen LogP contribution >= 0.6 is 0 Å². The summed E-state index contributed by atoms with van der Waals surface area (Å²) in [5, 5.41) is 0. The van der Waals surface area contributed by atoms with Crippen LogP contribution in [0.4, 0.5) is 0 Å². The average molecular weight is 202 g/mol. The molecule has 82 valence electrons. The maximum atomic E-state index is 2.45. The molecular formula is C15H22. The molecule has 0 atom stereocenters. The lowest BCUT2D eigenvalue weighted by atomic mass is 9.84. The van der Waals surface area contributed by atoms with Crippen LogP contribution in [0.1, 0.15) is 62.3 Å². The smallest absolute Gasteiger partial charge is 0.00976 e. The lowest BCUT2D eigenvalue weighted by molar-refractivity contribution is 0.522. The highest BCUT2D eigenvalue weighted by molar-refractivity contribution is 5.45. The zero-order chi connectivity index (χ0) is 11.2. The number of hydrogen-bond donors (Lipinski definition) is 0. The van der Waals surface area contributed by atoms with Crippen molar-refractivity contribution in [1.82, 2.24) is 0 Å². The Morgan fingerprint density at radius 2 is 1.87 bits per heavy atom. The zero-order valence-electron chi connectivity index (χ0n) is 10.6. The van der Waals surface area contributed by atoms with Crippen LogP contribution in [0.3, 0.4) is 0 Å². The lowest BCUT2D eigenvalue weighted by Gasteiger charge is -2.21.